The van der Waals surface area contributed by atoms with Gasteiger partial charge in [-0.05, 0) is 28.3 Å². The Morgan fingerprint density at radius 3 is 2.92 bits per heavy atom. The molecule has 132 valence electrons. The summed E-state index contributed by atoms with van der Waals surface area (Å²) in [6.07, 6.45) is 1.19. The highest BCUT2D eigenvalue weighted by molar-refractivity contribution is 7.98. The van der Waals surface area contributed by atoms with Gasteiger partial charge in [0.2, 0.25) is 5.91 Å². The van der Waals surface area contributed by atoms with Crippen LogP contribution in [0.3, 0.4) is 0 Å². The number of nitrogens with two attached hydrogens (primary N) is 1. The molecular formula is C14H18N8OS2. The van der Waals surface area contributed by atoms with Crippen LogP contribution in [0.2, 0.25) is 0 Å². The molecule has 0 saturated heterocycles. The number of thiophene rings is 1. The predicted octanol–water partition coefficient (Wildman–Crippen LogP) is 1.57. The summed E-state index contributed by atoms with van der Waals surface area (Å²) in [5.74, 6) is 1.75. The van der Waals surface area contributed by atoms with Gasteiger partial charge in [-0.2, -0.15) is 0 Å². The average molecular weight is 378 g/mol. The van der Waals surface area contributed by atoms with Gasteiger partial charge in [-0.1, -0.05) is 24.8 Å². The third kappa shape index (κ3) is 4.23. The molecular weight excluding hydrogens is 360 g/mol. The highest BCUT2D eigenvalue weighted by Gasteiger charge is 2.17. The number of carbonyl (C=O) groups excluding carboxylic acids is 1. The molecule has 0 unspecified atom stereocenters. The molecule has 25 heavy (non-hydrogen) atoms. The van der Waals surface area contributed by atoms with E-state index in [-0.39, 0.29) is 12.3 Å². The van der Waals surface area contributed by atoms with Crippen LogP contribution in [0.15, 0.2) is 22.7 Å². The number of rotatable bonds is 9. The van der Waals surface area contributed by atoms with Gasteiger partial charge in [-0.3, -0.25) is 4.79 Å². The van der Waals surface area contributed by atoms with Crippen LogP contribution < -0.4 is 5.73 Å². The summed E-state index contributed by atoms with van der Waals surface area (Å²) in [5.41, 5.74) is 5.31. The third-order valence-electron chi connectivity index (χ3n) is 3.41. The molecule has 3 heterocycles. The molecule has 0 aliphatic rings. The average Bonchev–Trinajstić information content (AvgIpc) is 3.32. The van der Waals surface area contributed by atoms with Crippen LogP contribution in [0.4, 0.5) is 0 Å². The molecule has 0 spiro atoms. The highest BCUT2D eigenvalue weighted by atomic mass is 32.2. The molecule has 0 bridgehead atoms. The van der Waals surface area contributed by atoms with Crippen LogP contribution in [-0.4, -0.2) is 40.9 Å². The fraction of sp³-hybridized carbons (Fsp3) is 0.429. The monoisotopic (exact) mass is 378 g/mol. The summed E-state index contributed by atoms with van der Waals surface area (Å²) in [4.78, 5) is 12.2. The highest BCUT2D eigenvalue weighted by Crippen LogP contribution is 2.28. The maximum absolute atomic E-state index is 11.2. The molecule has 9 nitrogen and oxygen atoms in total. The van der Waals surface area contributed by atoms with Crippen molar-refractivity contribution in [3.63, 3.8) is 0 Å². The molecule has 1 amide bonds. The zero-order chi connectivity index (χ0) is 17.6. The standard InChI is InChI=1S/C14H18N8OS2/c1-2-6-22-12(16-19-20-22)9-25-14-18-17-13(10-4-3-8-24-10)21(14)7-5-11(15)23/h3-4,8H,2,5-7,9H2,1H3,(H2,15,23). The molecule has 0 saturated carbocycles. The molecule has 0 atom stereocenters. The van der Waals surface area contributed by atoms with Crippen LogP contribution in [0.5, 0.6) is 0 Å². The fourth-order valence-electron chi connectivity index (χ4n) is 2.25. The molecule has 11 heteroatoms. The van der Waals surface area contributed by atoms with Crippen LogP contribution in [-0.2, 0) is 23.6 Å². The van der Waals surface area contributed by atoms with Crippen LogP contribution in [0.25, 0.3) is 10.7 Å². The number of tetrazole rings is 1. The Kier molecular flexibility index (Phi) is 5.76. The number of amides is 1. The predicted molar refractivity (Wildman–Crippen MR) is 94.8 cm³/mol. The minimum Gasteiger partial charge on any atom is -0.370 e. The lowest BCUT2D eigenvalue weighted by Crippen LogP contribution is -2.15. The SMILES string of the molecule is CCCn1nnnc1CSc1nnc(-c2cccs2)n1CCC(N)=O. The van der Waals surface area contributed by atoms with E-state index in [0.717, 1.165) is 34.6 Å². The van der Waals surface area contributed by atoms with Crippen LogP contribution in [0, 0.1) is 0 Å². The van der Waals surface area contributed by atoms with Crippen molar-refractivity contribution >= 4 is 29.0 Å². The minimum atomic E-state index is -0.353. The molecule has 0 fully saturated rings. The normalized spacial score (nSPS) is 11.1. The lowest BCUT2D eigenvalue weighted by molar-refractivity contribution is -0.118. The smallest absolute Gasteiger partial charge is 0.219 e. The van der Waals surface area contributed by atoms with Crippen molar-refractivity contribution in [1.82, 2.24) is 35.0 Å². The Morgan fingerprint density at radius 1 is 1.32 bits per heavy atom. The maximum atomic E-state index is 11.2. The Labute approximate surface area is 152 Å². The summed E-state index contributed by atoms with van der Waals surface area (Å²) in [6, 6.07) is 3.94. The van der Waals surface area contributed by atoms with Gasteiger partial charge in [0, 0.05) is 19.5 Å². The molecule has 3 rings (SSSR count). The summed E-state index contributed by atoms with van der Waals surface area (Å²) in [7, 11) is 0. The van der Waals surface area contributed by atoms with Gasteiger partial charge in [0.1, 0.15) is 0 Å². The number of hydrogen-bond donors (Lipinski definition) is 1. The molecule has 0 radical (unpaired) electrons. The Hall–Kier alpha value is -2.27. The van der Waals surface area contributed by atoms with Crippen LogP contribution in [0.1, 0.15) is 25.6 Å². The van der Waals surface area contributed by atoms with Crippen molar-refractivity contribution in [1.29, 1.82) is 0 Å². The second-order valence-corrected chi connectivity index (χ2v) is 7.15. The lowest BCUT2D eigenvalue weighted by Gasteiger charge is -2.08. The summed E-state index contributed by atoms with van der Waals surface area (Å²) in [5, 5.41) is 23.0. The molecule has 0 aliphatic heterocycles. The number of thioether (sulfide) groups is 1. The van der Waals surface area contributed by atoms with Crippen molar-refractivity contribution < 1.29 is 4.79 Å². The van der Waals surface area contributed by atoms with Crippen molar-refractivity contribution in [2.24, 2.45) is 5.73 Å². The van der Waals surface area contributed by atoms with Crippen LogP contribution >= 0.6 is 23.1 Å². The Morgan fingerprint density at radius 2 is 2.20 bits per heavy atom. The molecule has 0 aromatic carbocycles. The van der Waals surface area contributed by atoms with E-state index >= 15 is 0 Å². The number of hydrogen-bond acceptors (Lipinski definition) is 8. The fourth-order valence-corrected chi connectivity index (χ4v) is 3.86. The Balaban J connectivity index is 1.80. The second-order valence-electron chi connectivity index (χ2n) is 5.26. The lowest BCUT2D eigenvalue weighted by atomic mass is 10.4. The Bertz CT molecular complexity index is 826. The second kappa shape index (κ2) is 8.21. The number of nitrogens with zero attached hydrogens (tertiary/aromatic N) is 7. The van der Waals surface area contributed by atoms with Gasteiger partial charge in [0.25, 0.3) is 0 Å². The quantitative estimate of drug-likeness (QED) is 0.562. The van der Waals surface area contributed by atoms with Gasteiger partial charge in [-0.15, -0.1) is 26.6 Å². The first-order chi connectivity index (χ1) is 12.2. The number of primary amides is 1. The van der Waals surface area contributed by atoms with Gasteiger partial charge in [0.15, 0.2) is 16.8 Å². The van der Waals surface area contributed by atoms with Crippen molar-refractivity contribution in [2.45, 2.75) is 43.8 Å². The number of carbonyl (C=O) groups is 1. The van der Waals surface area contributed by atoms with E-state index in [1.165, 1.54) is 11.8 Å². The van der Waals surface area contributed by atoms with Crippen molar-refractivity contribution in [2.75, 3.05) is 0 Å². The first-order valence-corrected chi connectivity index (χ1v) is 9.68. The largest absolute Gasteiger partial charge is 0.370 e. The van der Waals surface area contributed by atoms with E-state index in [1.807, 2.05) is 22.1 Å². The van der Waals surface area contributed by atoms with Crippen molar-refractivity contribution in [3.8, 4) is 10.7 Å². The van der Waals surface area contributed by atoms with E-state index in [1.54, 1.807) is 16.0 Å². The summed E-state index contributed by atoms with van der Waals surface area (Å²) in [6.45, 7) is 3.29. The van der Waals surface area contributed by atoms with E-state index < -0.39 is 0 Å². The van der Waals surface area contributed by atoms with Gasteiger partial charge >= 0.3 is 0 Å². The van der Waals surface area contributed by atoms with E-state index in [2.05, 4.69) is 32.6 Å². The number of aromatic nitrogens is 7. The summed E-state index contributed by atoms with van der Waals surface area (Å²) >= 11 is 3.07. The molecule has 2 N–H and O–H groups in total. The van der Waals surface area contributed by atoms with E-state index in [4.69, 9.17) is 5.73 Å². The zero-order valence-corrected chi connectivity index (χ0v) is 15.3. The van der Waals surface area contributed by atoms with E-state index in [0.29, 0.717) is 12.3 Å². The molecule has 3 aromatic rings. The van der Waals surface area contributed by atoms with Gasteiger partial charge < -0.3 is 10.3 Å². The molecule has 3 aromatic heterocycles. The van der Waals surface area contributed by atoms with Gasteiger partial charge in [-0.25, -0.2) is 4.68 Å². The van der Waals surface area contributed by atoms with Gasteiger partial charge in [0.05, 0.1) is 10.6 Å². The van der Waals surface area contributed by atoms with E-state index in [9.17, 15) is 4.79 Å². The topological polar surface area (TPSA) is 117 Å². The first kappa shape index (κ1) is 17.5. The third-order valence-corrected chi connectivity index (χ3v) is 5.24. The summed E-state index contributed by atoms with van der Waals surface area (Å²) < 4.78 is 3.71. The number of aryl methyl sites for hydroxylation is 1. The molecule has 0 aliphatic carbocycles. The van der Waals surface area contributed by atoms with Crippen molar-refractivity contribution in [3.05, 3.63) is 23.3 Å². The zero-order valence-electron chi connectivity index (χ0n) is 13.7. The minimum absolute atomic E-state index is 0.234. The first-order valence-electron chi connectivity index (χ1n) is 7.82. The maximum Gasteiger partial charge on any atom is 0.219 e.